The van der Waals surface area contributed by atoms with Gasteiger partial charge in [0.2, 0.25) is 0 Å². The Kier molecular flexibility index (Phi) is 5.82. The van der Waals surface area contributed by atoms with E-state index in [9.17, 15) is 14.4 Å². The minimum absolute atomic E-state index is 0.0855. The average Bonchev–Trinajstić information content (AvgIpc) is 2.76. The first-order chi connectivity index (χ1) is 13.1. The molecule has 0 atom stereocenters. The fourth-order valence-corrected chi connectivity index (χ4v) is 4.07. The van der Waals surface area contributed by atoms with Crippen LogP contribution in [0.5, 0.6) is 0 Å². The molecule has 3 radical (unpaired) electrons. The minimum atomic E-state index is -1.79. The molecular weight excluding hydrogens is 397 g/mol. The molecule has 0 aliphatic rings. The van der Waals surface area contributed by atoms with Gasteiger partial charge < -0.3 is 0 Å². The third-order valence-corrected chi connectivity index (χ3v) is 5.65. The fraction of sp³-hybridized carbons (Fsp3) is 0.0870. The number of benzene rings is 3. The molecule has 0 saturated carbocycles. The second-order valence-corrected chi connectivity index (χ2v) is 6.91. The molecule has 3 aromatic carbocycles. The van der Waals surface area contributed by atoms with Crippen LogP contribution in [0.25, 0.3) is 0 Å². The number of hydrogen-bond acceptors (Lipinski definition) is 3. The molecule has 0 spiro atoms. The molecule has 0 amide bonds. The third kappa shape index (κ3) is 3.55. The summed E-state index contributed by atoms with van der Waals surface area (Å²) in [6.07, 6.45) is 0. The van der Waals surface area contributed by atoms with Gasteiger partial charge in [-0.2, -0.15) is 0 Å². The van der Waals surface area contributed by atoms with E-state index >= 15 is 0 Å². The molecule has 0 unspecified atom stereocenters. The van der Waals surface area contributed by atoms with Crippen molar-refractivity contribution >= 4 is 33.9 Å². The summed E-state index contributed by atoms with van der Waals surface area (Å²) in [6, 6.07) is 25.6. The number of ketones is 3. The molecule has 3 rings (SSSR count). The van der Waals surface area contributed by atoms with Gasteiger partial charge in [0, 0.05) is 0 Å². The summed E-state index contributed by atoms with van der Waals surface area (Å²) >= 11 is 1.71. The van der Waals surface area contributed by atoms with Crippen LogP contribution < -0.4 is 0 Å². The molecule has 0 N–H and O–H groups in total. The molecule has 0 fully saturated rings. The number of carbonyl (C=O) groups is 3. The van der Waals surface area contributed by atoms with Crippen molar-refractivity contribution < 1.29 is 14.4 Å². The van der Waals surface area contributed by atoms with Crippen molar-refractivity contribution in [1.82, 2.24) is 0 Å². The maximum atomic E-state index is 13.5. The summed E-state index contributed by atoms with van der Waals surface area (Å²) in [4.78, 5) is 40.5. The normalized spacial score (nSPS) is 11.0. The van der Waals surface area contributed by atoms with Gasteiger partial charge in [0.1, 0.15) is 0 Å². The molecule has 27 heavy (non-hydrogen) atoms. The Labute approximate surface area is 166 Å². The first-order valence-corrected chi connectivity index (χ1v) is 10.0. The summed E-state index contributed by atoms with van der Waals surface area (Å²) in [7, 11) is 0. The molecule has 0 heterocycles. The van der Waals surface area contributed by atoms with Crippen molar-refractivity contribution in [1.29, 1.82) is 0 Å². The van der Waals surface area contributed by atoms with Crippen molar-refractivity contribution in [2.24, 2.45) is 5.41 Å². The van der Waals surface area contributed by atoms with Crippen LogP contribution >= 0.6 is 0 Å². The van der Waals surface area contributed by atoms with E-state index in [0.29, 0.717) is 16.7 Å². The molecule has 3 aromatic rings. The molecule has 0 aromatic heterocycles. The summed E-state index contributed by atoms with van der Waals surface area (Å²) in [5, 5.41) is 0.0855. The van der Waals surface area contributed by atoms with E-state index in [2.05, 4.69) is 0 Å². The zero-order chi connectivity index (χ0) is 19.3. The molecular formula is C23H17GeO3. The number of carbonyl (C=O) groups excluding carboxylic acids is 3. The second kappa shape index (κ2) is 8.27. The number of Topliss-reactive ketones (excluding diaryl/α,β-unsaturated/α-hetero) is 3. The predicted octanol–water partition coefficient (Wildman–Crippen LogP) is 4.21. The average molecular weight is 414 g/mol. The van der Waals surface area contributed by atoms with Crippen LogP contribution in [-0.2, 0) is 0 Å². The Morgan fingerprint density at radius 3 is 1.04 bits per heavy atom. The van der Waals surface area contributed by atoms with Crippen molar-refractivity contribution in [3.8, 4) is 0 Å². The van der Waals surface area contributed by atoms with Gasteiger partial charge in [0.15, 0.2) is 0 Å². The van der Waals surface area contributed by atoms with Crippen LogP contribution in [-0.4, -0.2) is 33.9 Å². The predicted molar refractivity (Wildman–Crippen MR) is 105 cm³/mol. The Balaban J connectivity index is 2.20. The van der Waals surface area contributed by atoms with Gasteiger partial charge in [-0.15, -0.1) is 0 Å². The van der Waals surface area contributed by atoms with E-state index in [0.717, 1.165) is 0 Å². The maximum absolute atomic E-state index is 13.5. The SMILES string of the molecule is O=C(c1ccccc1)C([CH2][Ge])(C(=O)c1ccccc1)C(=O)c1ccccc1. The Hall–Kier alpha value is -2.79. The van der Waals surface area contributed by atoms with Gasteiger partial charge in [0.25, 0.3) is 0 Å². The zero-order valence-electron chi connectivity index (χ0n) is 14.6. The van der Waals surface area contributed by atoms with Gasteiger partial charge in [-0.25, -0.2) is 0 Å². The Morgan fingerprint density at radius 2 is 0.815 bits per heavy atom. The van der Waals surface area contributed by atoms with Crippen molar-refractivity contribution in [2.45, 2.75) is 5.25 Å². The standard InChI is InChI=1S/C23H17GeO3/c24-16-23(20(25)17-10-4-1-5-11-17,21(26)18-12-6-2-7-13-18)22(27)19-14-8-3-9-15-19/h1-15H,16H2. The van der Waals surface area contributed by atoms with Gasteiger partial charge in [-0.3, -0.25) is 0 Å². The van der Waals surface area contributed by atoms with E-state index in [1.807, 2.05) is 0 Å². The van der Waals surface area contributed by atoms with Crippen LogP contribution in [0.1, 0.15) is 31.1 Å². The molecule has 3 nitrogen and oxygen atoms in total. The van der Waals surface area contributed by atoms with Crippen LogP contribution in [0.15, 0.2) is 91.0 Å². The summed E-state index contributed by atoms with van der Waals surface area (Å²) in [5.74, 6) is -1.39. The zero-order valence-corrected chi connectivity index (χ0v) is 16.7. The van der Waals surface area contributed by atoms with Gasteiger partial charge in [-0.1, -0.05) is 0 Å². The van der Waals surface area contributed by atoms with Crippen molar-refractivity contribution in [2.75, 3.05) is 0 Å². The first kappa shape index (κ1) is 19.0. The van der Waals surface area contributed by atoms with Gasteiger partial charge in [0.05, 0.1) is 0 Å². The third-order valence-electron chi connectivity index (χ3n) is 4.54. The Morgan fingerprint density at radius 1 is 0.556 bits per heavy atom. The van der Waals surface area contributed by atoms with Crippen LogP contribution in [0.2, 0.25) is 5.25 Å². The van der Waals surface area contributed by atoms with Crippen molar-refractivity contribution in [3.63, 3.8) is 0 Å². The number of rotatable bonds is 7. The molecule has 0 aliphatic heterocycles. The second-order valence-electron chi connectivity index (χ2n) is 6.17. The van der Waals surface area contributed by atoms with Gasteiger partial charge >= 0.3 is 167 Å². The topological polar surface area (TPSA) is 51.2 Å². The summed E-state index contributed by atoms with van der Waals surface area (Å²) in [5.41, 5.74) is -0.724. The first-order valence-electron chi connectivity index (χ1n) is 8.55. The van der Waals surface area contributed by atoms with Crippen molar-refractivity contribution in [3.05, 3.63) is 108 Å². The van der Waals surface area contributed by atoms with Crippen LogP contribution in [0.4, 0.5) is 0 Å². The molecule has 0 bridgehead atoms. The summed E-state index contributed by atoms with van der Waals surface area (Å²) < 4.78 is 0. The molecule has 131 valence electrons. The van der Waals surface area contributed by atoms with E-state index in [4.69, 9.17) is 0 Å². The molecule has 0 aliphatic carbocycles. The quantitative estimate of drug-likeness (QED) is 0.331. The van der Waals surface area contributed by atoms with E-state index < -0.39 is 22.8 Å². The monoisotopic (exact) mass is 415 g/mol. The van der Waals surface area contributed by atoms with E-state index in [-0.39, 0.29) is 5.25 Å². The summed E-state index contributed by atoms with van der Waals surface area (Å²) in [6.45, 7) is 0. The molecule has 0 saturated heterocycles. The fourth-order valence-electron chi connectivity index (χ4n) is 3.06. The number of hydrogen-bond donors (Lipinski definition) is 0. The Bertz CT molecular complexity index is 825. The van der Waals surface area contributed by atoms with Crippen LogP contribution in [0.3, 0.4) is 0 Å². The van der Waals surface area contributed by atoms with Gasteiger partial charge in [-0.05, 0) is 0 Å². The van der Waals surface area contributed by atoms with E-state index in [1.54, 1.807) is 108 Å². The van der Waals surface area contributed by atoms with E-state index in [1.165, 1.54) is 0 Å². The van der Waals surface area contributed by atoms with Crippen LogP contribution in [0, 0.1) is 5.41 Å². The molecule has 4 heteroatoms.